The van der Waals surface area contributed by atoms with E-state index in [1.807, 2.05) is 0 Å². The SMILES string of the molecule is C[C@@H](c1ccccc1)N1C[C@H]2CN(C)C[C@@H](C1)C2=O. The zero-order valence-electron chi connectivity index (χ0n) is 11.7. The van der Waals surface area contributed by atoms with Crippen LogP contribution in [0.1, 0.15) is 18.5 Å². The van der Waals surface area contributed by atoms with Crippen molar-refractivity contribution >= 4 is 5.78 Å². The monoisotopic (exact) mass is 258 g/mol. The number of rotatable bonds is 2. The predicted octanol–water partition coefficient (Wildman–Crippen LogP) is 1.81. The number of benzene rings is 1. The highest BCUT2D eigenvalue weighted by molar-refractivity contribution is 5.85. The molecule has 2 fully saturated rings. The molecule has 0 aromatic heterocycles. The molecule has 3 nitrogen and oxygen atoms in total. The lowest BCUT2D eigenvalue weighted by Gasteiger charge is -2.45. The number of ketones is 1. The molecule has 0 spiro atoms. The van der Waals surface area contributed by atoms with Gasteiger partial charge in [-0.15, -0.1) is 0 Å². The molecular weight excluding hydrogens is 236 g/mol. The summed E-state index contributed by atoms with van der Waals surface area (Å²) in [6.07, 6.45) is 0. The molecule has 0 aliphatic carbocycles. The van der Waals surface area contributed by atoms with Crippen molar-refractivity contribution in [3.8, 4) is 0 Å². The Balaban J connectivity index is 1.76. The Labute approximate surface area is 115 Å². The van der Waals surface area contributed by atoms with Gasteiger partial charge >= 0.3 is 0 Å². The average molecular weight is 258 g/mol. The number of nitrogens with zero attached hydrogens (tertiary/aromatic N) is 2. The number of Topliss-reactive ketones (excluding diaryl/α,β-unsaturated/α-hetero) is 1. The van der Waals surface area contributed by atoms with Crippen molar-refractivity contribution in [3.05, 3.63) is 35.9 Å². The van der Waals surface area contributed by atoms with Crippen molar-refractivity contribution in [2.24, 2.45) is 11.8 Å². The van der Waals surface area contributed by atoms with Crippen LogP contribution in [0.2, 0.25) is 0 Å². The molecule has 0 N–H and O–H groups in total. The van der Waals surface area contributed by atoms with Crippen molar-refractivity contribution in [1.82, 2.24) is 9.80 Å². The van der Waals surface area contributed by atoms with E-state index >= 15 is 0 Å². The van der Waals surface area contributed by atoms with Crippen molar-refractivity contribution in [2.75, 3.05) is 33.2 Å². The summed E-state index contributed by atoms with van der Waals surface area (Å²) >= 11 is 0. The van der Waals surface area contributed by atoms with E-state index < -0.39 is 0 Å². The smallest absolute Gasteiger partial charge is 0.144 e. The number of fused-ring (bicyclic) bond motifs is 2. The number of likely N-dealkylation sites (tertiary alicyclic amines) is 2. The summed E-state index contributed by atoms with van der Waals surface area (Å²) in [5.74, 6) is 0.918. The minimum atomic E-state index is 0.212. The quantitative estimate of drug-likeness (QED) is 0.808. The first-order chi connectivity index (χ1) is 9.15. The van der Waals surface area contributed by atoms with Crippen LogP contribution >= 0.6 is 0 Å². The lowest BCUT2D eigenvalue weighted by atomic mass is 9.82. The van der Waals surface area contributed by atoms with Crippen LogP contribution in [0.25, 0.3) is 0 Å². The first-order valence-corrected chi connectivity index (χ1v) is 7.16. The van der Waals surface area contributed by atoms with E-state index in [9.17, 15) is 4.79 Å². The van der Waals surface area contributed by atoms with Crippen LogP contribution in [0.15, 0.2) is 30.3 Å². The van der Waals surface area contributed by atoms with Crippen molar-refractivity contribution in [3.63, 3.8) is 0 Å². The van der Waals surface area contributed by atoms with Gasteiger partial charge in [0.2, 0.25) is 0 Å². The molecule has 3 atom stereocenters. The second-order valence-corrected chi connectivity index (χ2v) is 6.06. The highest BCUT2D eigenvalue weighted by Gasteiger charge is 2.41. The molecule has 2 bridgehead atoms. The number of hydrogen-bond donors (Lipinski definition) is 0. The van der Waals surface area contributed by atoms with E-state index in [2.05, 4.69) is 54.1 Å². The second kappa shape index (κ2) is 5.06. The molecule has 3 heteroatoms. The summed E-state index contributed by atoms with van der Waals surface area (Å²) in [7, 11) is 2.13. The summed E-state index contributed by atoms with van der Waals surface area (Å²) < 4.78 is 0. The minimum Gasteiger partial charge on any atom is -0.305 e. The van der Waals surface area contributed by atoms with Gasteiger partial charge in [-0.05, 0) is 19.5 Å². The Kier molecular flexibility index (Phi) is 3.42. The van der Waals surface area contributed by atoms with E-state index in [-0.39, 0.29) is 11.8 Å². The van der Waals surface area contributed by atoms with Gasteiger partial charge in [0.15, 0.2) is 0 Å². The highest BCUT2D eigenvalue weighted by Crippen LogP contribution is 2.30. The van der Waals surface area contributed by atoms with Gasteiger partial charge in [-0.25, -0.2) is 0 Å². The topological polar surface area (TPSA) is 23.6 Å². The third-order valence-corrected chi connectivity index (χ3v) is 4.61. The Bertz CT molecular complexity index is 441. The molecule has 2 aliphatic heterocycles. The number of carbonyl (C=O) groups excluding carboxylic acids is 1. The zero-order valence-corrected chi connectivity index (χ0v) is 11.7. The first kappa shape index (κ1) is 12.8. The Morgan fingerprint density at radius 2 is 1.63 bits per heavy atom. The molecule has 2 aliphatic rings. The van der Waals surface area contributed by atoms with Crippen LogP contribution in [0, 0.1) is 11.8 Å². The molecule has 102 valence electrons. The lowest BCUT2D eigenvalue weighted by Crippen LogP contribution is -2.57. The maximum absolute atomic E-state index is 12.2. The van der Waals surface area contributed by atoms with Crippen molar-refractivity contribution in [1.29, 1.82) is 0 Å². The van der Waals surface area contributed by atoms with Crippen LogP contribution in [0.3, 0.4) is 0 Å². The number of piperidine rings is 2. The van der Waals surface area contributed by atoms with Crippen molar-refractivity contribution in [2.45, 2.75) is 13.0 Å². The van der Waals surface area contributed by atoms with Gasteiger partial charge < -0.3 is 4.90 Å². The maximum Gasteiger partial charge on any atom is 0.144 e. The maximum atomic E-state index is 12.2. The van der Waals surface area contributed by atoms with E-state index in [1.54, 1.807) is 0 Å². The number of carbonyl (C=O) groups is 1. The zero-order chi connectivity index (χ0) is 13.4. The summed E-state index contributed by atoms with van der Waals surface area (Å²) in [6.45, 7) is 5.93. The average Bonchev–Trinajstić information content (AvgIpc) is 2.40. The molecule has 0 unspecified atom stereocenters. The fourth-order valence-corrected chi connectivity index (χ4v) is 3.53. The summed E-state index contributed by atoms with van der Waals surface area (Å²) in [5, 5.41) is 0. The molecular formula is C16H22N2O. The molecule has 1 aromatic carbocycles. The van der Waals surface area contributed by atoms with Gasteiger partial charge in [0, 0.05) is 44.1 Å². The van der Waals surface area contributed by atoms with Crippen LogP contribution in [-0.2, 0) is 4.79 Å². The Morgan fingerprint density at radius 1 is 1.05 bits per heavy atom. The largest absolute Gasteiger partial charge is 0.305 e. The van der Waals surface area contributed by atoms with Crippen LogP contribution < -0.4 is 0 Å². The van der Waals surface area contributed by atoms with Gasteiger partial charge in [0.1, 0.15) is 5.78 Å². The van der Waals surface area contributed by atoms with Gasteiger partial charge in [-0.2, -0.15) is 0 Å². The molecule has 2 heterocycles. The third kappa shape index (κ3) is 2.45. The minimum absolute atomic E-state index is 0.212. The molecule has 0 saturated carbocycles. The Morgan fingerprint density at radius 3 is 2.21 bits per heavy atom. The van der Waals surface area contributed by atoms with Gasteiger partial charge in [0.05, 0.1) is 0 Å². The van der Waals surface area contributed by atoms with Crippen LogP contribution in [0.4, 0.5) is 0 Å². The first-order valence-electron chi connectivity index (χ1n) is 7.16. The molecule has 0 radical (unpaired) electrons. The second-order valence-electron chi connectivity index (χ2n) is 6.06. The number of hydrogen-bond acceptors (Lipinski definition) is 3. The van der Waals surface area contributed by atoms with Gasteiger partial charge in [-0.3, -0.25) is 9.69 Å². The van der Waals surface area contributed by atoms with E-state index in [0.717, 1.165) is 26.2 Å². The summed E-state index contributed by atoms with van der Waals surface area (Å²) in [6, 6.07) is 11.0. The summed E-state index contributed by atoms with van der Waals surface area (Å²) in [5.41, 5.74) is 1.35. The summed E-state index contributed by atoms with van der Waals surface area (Å²) in [4.78, 5) is 17.0. The molecule has 2 saturated heterocycles. The fourth-order valence-electron chi connectivity index (χ4n) is 3.53. The predicted molar refractivity (Wildman–Crippen MR) is 75.9 cm³/mol. The van der Waals surface area contributed by atoms with E-state index in [4.69, 9.17) is 0 Å². The standard InChI is InChI=1S/C16H22N2O/c1-12(13-6-4-3-5-7-13)18-10-14-8-17(2)9-15(11-18)16(14)19/h3-7,12,14-15H,8-11H2,1-2H3/t12-,14-,15+/m0/s1. The van der Waals surface area contributed by atoms with E-state index in [1.165, 1.54) is 5.56 Å². The van der Waals surface area contributed by atoms with Gasteiger partial charge in [0.25, 0.3) is 0 Å². The van der Waals surface area contributed by atoms with Crippen LogP contribution in [0.5, 0.6) is 0 Å². The third-order valence-electron chi connectivity index (χ3n) is 4.61. The normalized spacial score (nSPS) is 30.3. The van der Waals surface area contributed by atoms with Gasteiger partial charge in [-0.1, -0.05) is 30.3 Å². The molecule has 19 heavy (non-hydrogen) atoms. The van der Waals surface area contributed by atoms with Crippen molar-refractivity contribution < 1.29 is 4.79 Å². The highest BCUT2D eigenvalue weighted by atomic mass is 16.1. The van der Waals surface area contributed by atoms with Crippen LogP contribution in [-0.4, -0.2) is 48.8 Å². The molecule has 1 aromatic rings. The molecule has 0 amide bonds. The fraction of sp³-hybridized carbons (Fsp3) is 0.562. The molecule has 3 rings (SSSR count). The lowest BCUT2D eigenvalue weighted by molar-refractivity contribution is -0.137. The Hall–Kier alpha value is -1.19. The van der Waals surface area contributed by atoms with E-state index in [0.29, 0.717) is 11.8 Å².